The van der Waals surface area contributed by atoms with Crippen molar-refractivity contribution in [2.45, 2.75) is 6.92 Å². The number of rotatable bonds is 1. The van der Waals surface area contributed by atoms with Gasteiger partial charge in [-0.2, -0.15) is 0 Å². The van der Waals surface area contributed by atoms with Gasteiger partial charge in [-0.05, 0) is 41.8 Å². The highest BCUT2D eigenvalue weighted by atomic mass is 14.6. The largest absolute Gasteiger partial charge is 0.398 e. The van der Waals surface area contributed by atoms with Crippen molar-refractivity contribution in [3.63, 3.8) is 0 Å². The Hall–Kier alpha value is -1.83. The number of hydrogen-bond donors (Lipinski definition) is 1. The first kappa shape index (κ1) is 8.75. The van der Waals surface area contributed by atoms with E-state index in [4.69, 9.17) is 5.73 Å². The van der Waals surface area contributed by atoms with E-state index >= 15 is 0 Å². The summed E-state index contributed by atoms with van der Waals surface area (Å²) in [4.78, 5) is 3.98. The highest BCUT2D eigenvalue weighted by Crippen LogP contribution is 2.22. The normalized spacial score (nSPS) is 10.1. The number of pyridine rings is 1. The summed E-state index contributed by atoms with van der Waals surface area (Å²) in [5.74, 6) is 0. The van der Waals surface area contributed by atoms with Gasteiger partial charge in [-0.1, -0.05) is 12.1 Å². The molecule has 0 bridgehead atoms. The van der Waals surface area contributed by atoms with E-state index in [1.807, 2.05) is 31.2 Å². The second-order valence-electron chi connectivity index (χ2n) is 3.31. The topological polar surface area (TPSA) is 38.9 Å². The number of anilines is 1. The van der Waals surface area contributed by atoms with E-state index in [2.05, 4.69) is 11.1 Å². The minimum atomic E-state index is 0.833. The van der Waals surface area contributed by atoms with Crippen LogP contribution in [0.2, 0.25) is 0 Å². The summed E-state index contributed by atoms with van der Waals surface area (Å²) in [5, 5.41) is 0. The summed E-state index contributed by atoms with van der Waals surface area (Å²) >= 11 is 0. The molecule has 0 aliphatic carbocycles. The summed E-state index contributed by atoms with van der Waals surface area (Å²) < 4.78 is 0. The lowest BCUT2D eigenvalue weighted by Crippen LogP contribution is -1.89. The number of aryl methyl sites for hydroxylation is 1. The molecule has 2 N–H and O–H groups in total. The monoisotopic (exact) mass is 184 g/mol. The summed E-state index contributed by atoms with van der Waals surface area (Å²) in [6, 6.07) is 10.0. The highest BCUT2D eigenvalue weighted by Gasteiger charge is 1.98. The van der Waals surface area contributed by atoms with E-state index in [0.717, 1.165) is 22.4 Å². The van der Waals surface area contributed by atoms with Crippen molar-refractivity contribution in [1.82, 2.24) is 4.98 Å². The fourth-order valence-electron chi connectivity index (χ4n) is 1.36. The van der Waals surface area contributed by atoms with Crippen LogP contribution in [-0.4, -0.2) is 4.98 Å². The van der Waals surface area contributed by atoms with Gasteiger partial charge in [0, 0.05) is 18.1 Å². The summed E-state index contributed by atoms with van der Waals surface area (Å²) in [6.45, 7) is 2.01. The van der Waals surface area contributed by atoms with Crippen LogP contribution in [-0.2, 0) is 0 Å². The Morgan fingerprint density at radius 3 is 2.36 bits per heavy atom. The third-order valence-corrected chi connectivity index (χ3v) is 2.29. The lowest BCUT2D eigenvalue weighted by atomic mass is 10.0. The minimum absolute atomic E-state index is 0.833. The van der Waals surface area contributed by atoms with Crippen LogP contribution in [0.15, 0.2) is 42.7 Å². The van der Waals surface area contributed by atoms with Crippen LogP contribution in [0.4, 0.5) is 5.69 Å². The SMILES string of the molecule is Cc1ccc(-c2ccncc2)cc1N. The van der Waals surface area contributed by atoms with Gasteiger partial charge in [0.2, 0.25) is 0 Å². The average Bonchev–Trinajstić information content (AvgIpc) is 2.23. The van der Waals surface area contributed by atoms with E-state index in [-0.39, 0.29) is 0 Å². The van der Waals surface area contributed by atoms with Crippen molar-refractivity contribution < 1.29 is 0 Å². The van der Waals surface area contributed by atoms with Crippen molar-refractivity contribution in [2.75, 3.05) is 5.73 Å². The molecule has 2 aromatic rings. The molecule has 1 aromatic carbocycles. The Kier molecular flexibility index (Phi) is 2.19. The lowest BCUT2D eigenvalue weighted by molar-refractivity contribution is 1.33. The van der Waals surface area contributed by atoms with E-state index in [1.54, 1.807) is 12.4 Å². The molecule has 0 atom stereocenters. The number of nitrogen functional groups attached to an aromatic ring is 1. The summed E-state index contributed by atoms with van der Waals surface area (Å²) in [7, 11) is 0. The highest BCUT2D eigenvalue weighted by molar-refractivity contribution is 5.68. The van der Waals surface area contributed by atoms with Crippen molar-refractivity contribution in [3.8, 4) is 11.1 Å². The van der Waals surface area contributed by atoms with Crippen molar-refractivity contribution >= 4 is 5.69 Å². The molecule has 70 valence electrons. The van der Waals surface area contributed by atoms with Gasteiger partial charge < -0.3 is 5.73 Å². The molecule has 2 rings (SSSR count). The van der Waals surface area contributed by atoms with Crippen molar-refractivity contribution in [1.29, 1.82) is 0 Å². The maximum absolute atomic E-state index is 5.84. The van der Waals surface area contributed by atoms with Crippen molar-refractivity contribution in [3.05, 3.63) is 48.3 Å². The van der Waals surface area contributed by atoms with Crippen LogP contribution in [0.25, 0.3) is 11.1 Å². The van der Waals surface area contributed by atoms with E-state index < -0.39 is 0 Å². The molecule has 1 heterocycles. The zero-order valence-electron chi connectivity index (χ0n) is 8.07. The third-order valence-electron chi connectivity index (χ3n) is 2.29. The van der Waals surface area contributed by atoms with Gasteiger partial charge in [0.1, 0.15) is 0 Å². The van der Waals surface area contributed by atoms with Crippen LogP contribution in [0.3, 0.4) is 0 Å². The smallest absolute Gasteiger partial charge is 0.0349 e. The van der Waals surface area contributed by atoms with Gasteiger partial charge in [-0.3, -0.25) is 4.98 Å². The number of hydrogen-bond acceptors (Lipinski definition) is 2. The molecule has 0 saturated heterocycles. The minimum Gasteiger partial charge on any atom is -0.398 e. The molecule has 0 aliphatic rings. The molecule has 0 saturated carbocycles. The molecule has 2 nitrogen and oxygen atoms in total. The maximum atomic E-state index is 5.84. The molecule has 0 aliphatic heterocycles. The Labute approximate surface area is 83.4 Å². The molecule has 0 spiro atoms. The van der Waals surface area contributed by atoms with Crippen LogP contribution in [0.5, 0.6) is 0 Å². The van der Waals surface area contributed by atoms with Crippen LogP contribution < -0.4 is 5.73 Å². The number of benzene rings is 1. The van der Waals surface area contributed by atoms with Gasteiger partial charge in [0.25, 0.3) is 0 Å². The maximum Gasteiger partial charge on any atom is 0.0349 e. The Morgan fingerprint density at radius 2 is 1.71 bits per heavy atom. The van der Waals surface area contributed by atoms with Crippen LogP contribution in [0.1, 0.15) is 5.56 Å². The van der Waals surface area contributed by atoms with Gasteiger partial charge >= 0.3 is 0 Å². The third kappa shape index (κ3) is 1.59. The Morgan fingerprint density at radius 1 is 1.00 bits per heavy atom. The van der Waals surface area contributed by atoms with E-state index in [1.165, 1.54) is 0 Å². The van der Waals surface area contributed by atoms with Crippen LogP contribution >= 0.6 is 0 Å². The molecule has 0 unspecified atom stereocenters. The quantitative estimate of drug-likeness (QED) is 0.692. The molecule has 1 aromatic heterocycles. The predicted octanol–water partition coefficient (Wildman–Crippen LogP) is 2.64. The van der Waals surface area contributed by atoms with Crippen LogP contribution in [0, 0.1) is 6.92 Å². The van der Waals surface area contributed by atoms with Gasteiger partial charge in [-0.25, -0.2) is 0 Å². The standard InChI is InChI=1S/C12H12N2/c1-9-2-3-11(8-12(9)13)10-4-6-14-7-5-10/h2-8H,13H2,1H3. The lowest BCUT2D eigenvalue weighted by Gasteiger charge is -2.04. The van der Waals surface area contributed by atoms with E-state index in [0.29, 0.717) is 0 Å². The molecule has 14 heavy (non-hydrogen) atoms. The zero-order valence-corrected chi connectivity index (χ0v) is 8.07. The van der Waals surface area contributed by atoms with Gasteiger partial charge in [0.05, 0.1) is 0 Å². The van der Waals surface area contributed by atoms with Gasteiger partial charge in [0.15, 0.2) is 0 Å². The molecular weight excluding hydrogens is 172 g/mol. The first-order valence-corrected chi connectivity index (χ1v) is 4.54. The molecular formula is C12H12N2. The average molecular weight is 184 g/mol. The van der Waals surface area contributed by atoms with E-state index in [9.17, 15) is 0 Å². The number of nitrogens with two attached hydrogens (primary N) is 1. The Bertz CT molecular complexity index is 435. The molecule has 0 amide bonds. The first-order chi connectivity index (χ1) is 6.77. The second kappa shape index (κ2) is 3.50. The number of nitrogens with zero attached hydrogens (tertiary/aromatic N) is 1. The van der Waals surface area contributed by atoms with Gasteiger partial charge in [-0.15, -0.1) is 0 Å². The Balaban J connectivity index is 2.48. The fraction of sp³-hybridized carbons (Fsp3) is 0.0833. The first-order valence-electron chi connectivity index (χ1n) is 4.54. The van der Waals surface area contributed by atoms with Crippen molar-refractivity contribution in [2.24, 2.45) is 0 Å². The molecule has 2 heteroatoms. The fourth-order valence-corrected chi connectivity index (χ4v) is 1.36. The second-order valence-corrected chi connectivity index (χ2v) is 3.31. The molecule has 0 fully saturated rings. The predicted molar refractivity (Wildman–Crippen MR) is 58.8 cm³/mol. The summed E-state index contributed by atoms with van der Waals surface area (Å²) in [6.07, 6.45) is 3.57. The zero-order chi connectivity index (χ0) is 9.97. The molecule has 0 radical (unpaired) electrons. The number of aromatic nitrogens is 1. The summed E-state index contributed by atoms with van der Waals surface area (Å²) in [5.41, 5.74) is 10.1.